The molecule has 0 aromatic heterocycles. The Morgan fingerprint density at radius 1 is 1.06 bits per heavy atom. The van der Waals surface area contributed by atoms with Gasteiger partial charge in [-0.2, -0.15) is 0 Å². The van der Waals surface area contributed by atoms with E-state index in [9.17, 15) is 14.4 Å². The smallest absolute Gasteiger partial charge is 0.311 e. The van der Waals surface area contributed by atoms with Gasteiger partial charge in [0.1, 0.15) is 0 Å². The molecule has 2 aliphatic rings. The van der Waals surface area contributed by atoms with Gasteiger partial charge in [0.15, 0.2) is 11.5 Å². The van der Waals surface area contributed by atoms with Gasteiger partial charge in [-0.25, -0.2) is 0 Å². The molecule has 2 atom stereocenters. The third-order valence-corrected chi connectivity index (χ3v) is 8.14. The van der Waals surface area contributed by atoms with E-state index in [-0.39, 0.29) is 48.1 Å². The van der Waals surface area contributed by atoms with Gasteiger partial charge in [-0.1, -0.05) is 54.0 Å². The topological polar surface area (TPSA) is 72.9 Å². The standard InChI is InChI=1S/C29H43NO5/c1-9-23(32)34-26-21(18(3)4)16-20-12-13-22-28(7,8)14-11-15-29(22,30(17-31)19(5)6)25(20)27(26)35-24(33)10-2/h16-19,22H,9-15H2,1-8H3/t22-,29+/m0/s1. The van der Waals surface area contributed by atoms with E-state index in [4.69, 9.17) is 9.47 Å². The highest BCUT2D eigenvalue weighted by Crippen LogP contribution is 2.62. The van der Waals surface area contributed by atoms with Crippen LogP contribution in [0.25, 0.3) is 0 Å². The molecular formula is C29H43NO5. The van der Waals surface area contributed by atoms with E-state index in [0.29, 0.717) is 11.5 Å². The van der Waals surface area contributed by atoms with Crippen LogP contribution in [0, 0.1) is 11.3 Å². The van der Waals surface area contributed by atoms with Crippen molar-refractivity contribution in [2.75, 3.05) is 0 Å². The third-order valence-electron chi connectivity index (χ3n) is 8.14. The van der Waals surface area contributed by atoms with Crippen molar-refractivity contribution in [3.8, 4) is 11.5 Å². The van der Waals surface area contributed by atoms with E-state index in [2.05, 4.69) is 19.9 Å². The Hall–Kier alpha value is -2.37. The van der Waals surface area contributed by atoms with E-state index in [1.54, 1.807) is 13.8 Å². The maximum atomic E-state index is 12.8. The lowest BCUT2D eigenvalue weighted by atomic mass is 9.52. The maximum absolute atomic E-state index is 12.8. The zero-order valence-corrected chi connectivity index (χ0v) is 22.8. The van der Waals surface area contributed by atoms with Gasteiger partial charge in [-0.3, -0.25) is 14.4 Å². The summed E-state index contributed by atoms with van der Waals surface area (Å²) < 4.78 is 12.0. The first-order chi connectivity index (χ1) is 16.4. The van der Waals surface area contributed by atoms with E-state index < -0.39 is 5.54 Å². The minimum Gasteiger partial charge on any atom is -0.422 e. The van der Waals surface area contributed by atoms with Gasteiger partial charge in [-0.05, 0) is 62.3 Å². The summed E-state index contributed by atoms with van der Waals surface area (Å²) in [5, 5.41) is 0. The molecule has 1 saturated carbocycles. The Balaban J connectivity index is 2.47. The summed E-state index contributed by atoms with van der Waals surface area (Å²) >= 11 is 0. The van der Waals surface area contributed by atoms with Crippen LogP contribution in [0.4, 0.5) is 0 Å². The quantitative estimate of drug-likeness (QED) is 0.246. The first-order valence-corrected chi connectivity index (χ1v) is 13.3. The lowest BCUT2D eigenvalue weighted by Crippen LogP contribution is -2.61. The highest BCUT2D eigenvalue weighted by molar-refractivity contribution is 5.79. The second-order valence-corrected chi connectivity index (χ2v) is 11.4. The number of carbonyl (C=O) groups excluding carboxylic acids is 3. The molecule has 0 heterocycles. The zero-order chi connectivity index (χ0) is 26.1. The third kappa shape index (κ3) is 4.73. The van der Waals surface area contributed by atoms with Crippen molar-refractivity contribution in [3.63, 3.8) is 0 Å². The highest BCUT2D eigenvalue weighted by atomic mass is 16.6. The Morgan fingerprint density at radius 3 is 2.17 bits per heavy atom. The minimum atomic E-state index is -0.641. The van der Waals surface area contributed by atoms with Gasteiger partial charge in [0.05, 0.1) is 5.54 Å². The van der Waals surface area contributed by atoms with Gasteiger partial charge in [0.25, 0.3) is 0 Å². The highest BCUT2D eigenvalue weighted by Gasteiger charge is 2.58. The fraction of sp³-hybridized carbons (Fsp3) is 0.690. The van der Waals surface area contributed by atoms with Crippen molar-refractivity contribution in [1.82, 2.24) is 4.90 Å². The number of esters is 2. The van der Waals surface area contributed by atoms with Gasteiger partial charge < -0.3 is 14.4 Å². The van der Waals surface area contributed by atoms with Crippen molar-refractivity contribution in [2.24, 2.45) is 11.3 Å². The number of amides is 1. The van der Waals surface area contributed by atoms with Crippen molar-refractivity contribution >= 4 is 18.3 Å². The summed E-state index contributed by atoms with van der Waals surface area (Å²) in [5.41, 5.74) is 2.17. The molecule has 1 fully saturated rings. The Morgan fingerprint density at radius 2 is 1.66 bits per heavy atom. The first kappa shape index (κ1) is 27.2. The molecule has 6 heteroatoms. The Kier molecular flexibility index (Phi) is 8.02. The van der Waals surface area contributed by atoms with Crippen LogP contribution < -0.4 is 9.47 Å². The van der Waals surface area contributed by atoms with Crippen LogP contribution in [0.2, 0.25) is 0 Å². The number of ether oxygens (including phenoxy) is 2. The second kappa shape index (κ2) is 10.3. The predicted molar refractivity (Wildman–Crippen MR) is 137 cm³/mol. The molecule has 0 N–H and O–H groups in total. The largest absolute Gasteiger partial charge is 0.422 e. The van der Waals surface area contributed by atoms with E-state index in [1.165, 1.54) is 0 Å². The fourth-order valence-corrected chi connectivity index (χ4v) is 6.54. The normalized spacial score (nSPS) is 22.9. The summed E-state index contributed by atoms with van der Waals surface area (Å²) in [6, 6.07) is 2.08. The van der Waals surface area contributed by atoms with Crippen LogP contribution in [0.1, 0.15) is 117 Å². The molecule has 0 spiro atoms. The summed E-state index contributed by atoms with van der Waals surface area (Å²) in [7, 11) is 0. The summed E-state index contributed by atoms with van der Waals surface area (Å²) in [6.45, 7) is 16.3. The second-order valence-electron chi connectivity index (χ2n) is 11.4. The van der Waals surface area contributed by atoms with Crippen LogP contribution >= 0.6 is 0 Å². The number of nitrogens with zero attached hydrogens (tertiary/aromatic N) is 1. The average Bonchev–Trinajstić information content (AvgIpc) is 2.79. The number of carbonyl (C=O) groups is 3. The number of hydrogen-bond acceptors (Lipinski definition) is 5. The fourth-order valence-electron chi connectivity index (χ4n) is 6.54. The average molecular weight is 486 g/mol. The van der Waals surface area contributed by atoms with Crippen molar-refractivity contribution in [3.05, 3.63) is 22.8 Å². The number of rotatable bonds is 8. The molecule has 35 heavy (non-hydrogen) atoms. The lowest BCUT2D eigenvalue weighted by Gasteiger charge is -2.60. The first-order valence-electron chi connectivity index (χ1n) is 13.3. The van der Waals surface area contributed by atoms with Crippen LogP contribution in [-0.4, -0.2) is 29.3 Å². The SMILES string of the molecule is CCC(=O)Oc1c(C(C)C)cc2c(c1OC(=O)CC)[C@@]1(N(C=O)C(C)C)CCCC(C)(C)[C@@H]1CC2. The zero-order valence-electron chi connectivity index (χ0n) is 22.8. The molecule has 3 rings (SSSR count). The van der Waals surface area contributed by atoms with Crippen molar-refractivity contribution in [1.29, 1.82) is 0 Å². The molecular weight excluding hydrogens is 442 g/mol. The summed E-state index contributed by atoms with van der Waals surface area (Å²) in [5.74, 6) is 0.170. The van der Waals surface area contributed by atoms with Crippen molar-refractivity contribution in [2.45, 2.75) is 118 Å². The number of aryl methyl sites for hydroxylation is 1. The van der Waals surface area contributed by atoms with Crippen molar-refractivity contribution < 1.29 is 23.9 Å². The number of hydrogen-bond donors (Lipinski definition) is 0. The predicted octanol–water partition coefficient (Wildman–Crippen LogP) is 6.28. The monoisotopic (exact) mass is 485 g/mol. The van der Waals surface area contributed by atoms with Crippen LogP contribution in [0.15, 0.2) is 6.07 Å². The molecule has 194 valence electrons. The van der Waals surface area contributed by atoms with E-state index >= 15 is 0 Å². The molecule has 0 bridgehead atoms. The van der Waals surface area contributed by atoms with Crippen LogP contribution in [0.3, 0.4) is 0 Å². The minimum absolute atomic E-state index is 0.00486. The van der Waals surface area contributed by atoms with Gasteiger partial charge in [0.2, 0.25) is 6.41 Å². The number of benzene rings is 1. The molecule has 6 nitrogen and oxygen atoms in total. The van der Waals surface area contributed by atoms with Gasteiger partial charge >= 0.3 is 11.9 Å². The molecule has 0 unspecified atom stereocenters. The molecule has 1 amide bonds. The van der Waals surface area contributed by atoms with E-state index in [0.717, 1.165) is 55.2 Å². The molecule has 1 aromatic carbocycles. The molecule has 1 aromatic rings. The molecule has 0 aliphatic heterocycles. The Bertz CT molecular complexity index is 980. The maximum Gasteiger partial charge on any atom is 0.311 e. The van der Waals surface area contributed by atoms with Crippen LogP contribution in [0.5, 0.6) is 11.5 Å². The molecule has 0 saturated heterocycles. The number of fused-ring (bicyclic) bond motifs is 3. The summed E-state index contributed by atoms with van der Waals surface area (Å²) in [4.78, 5) is 40.0. The van der Waals surface area contributed by atoms with Gasteiger partial charge in [-0.15, -0.1) is 0 Å². The lowest BCUT2D eigenvalue weighted by molar-refractivity contribution is -0.142. The van der Waals surface area contributed by atoms with E-state index in [1.807, 2.05) is 32.6 Å². The Labute approximate surface area is 210 Å². The van der Waals surface area contributed by atoms with Crippen LogP contribution in [-0.2, 0) is 26.3 Å². The molecule has 0 radical (unpaired) electrons. The summed E-state index contributed by atoms with van der Waals surface area (Å²) in [6.07, 6.45) is 5.96. The molecule has 2 aliphatic carbocycles. The van der Waals surface area contributed by atoms with Gasteiger partial charge in [0, 0.05) is 30.0 Å².